The highest BCUT2D eigenvalue weighted by molar-refractivity contribution is 5.76. The van der Waals surface area contributed by atoms with Gasteiger partial charge in [-0.1, -0.05) is 0 Å². The Kier molecular flexibility index (Phi) is 5.87. The standard InChI is InChI=1S/C26H37NO5/c1-25(2)21-16-26(17-31-24(21)20-15-19(29-3)4-5-22(20)32-25)8-10-27(11-9-26)23(28)14-18-6-12-30-13-7-18/h4-5,15,18,21,24H,6-14,16-17H2,1-3H3/t21-,24+/m0/s1. The lowest BCUT2D eigenvalue weighted by Gasteiger charge is -2.54. The van der Waals surface area contributed by atoms with Gasteiger partial charge in [0.25, 0.3) is 0 Å². The van der Waals surface area contributed by atoms with Gasteiger partial charge in [0.05, 0.1) is 19.8 Å². The Hall–Kier alpha value is -1.79. The van der Waals surface area contributed by atoms with Gasteiger partial charge in [0.2, 0.25) is 5.91 Å². The third-order valence-electron chi connectivity index (χ3n) is 8.36. The summed E-state index contributed by atoms with van der Waals surface area (Å²) in [5.41, 5.74) is 0.941. The van der Waals surface area contributed by atoms with E-state index in [0.717, 1.165) is 82.1 Å². The van der Waals surface area contributed by atoms with Gasteiger partial charge in [-0.05, 0) is 75.5 Å². The van der Waals surface area contributed by atoms with Crippen molar-refractivity contribution in [2.75, 3.05) is 40.0 Å². The number of nitrogens with zero attached hydrogens (tertiary/aromatic N) is 1. The molecule has 4 aliphatic rings. The van der Waals surface area contributed by atoms with Crippen LogP contribution in [0.4, 0.5) is 0 Å². The molecule has 2 atom stereocenters. The van der Waals surface area contributed by atoms with Crippen molar-refractivity contribution in [3.63, 3.8) is 0 Å². The maximum Gasteiger partial charge on any atom is 0.222 e. The number of likely N-dealkylation sites (tertiary alicyclic amines) is 1. The second-order valence-corrected chi connectivity index (χ2v) is 10.8. The number of rotatable bonds is 3. The molecule has 1 amide bonds. The van der Waals surface area contributed by atoms with Gasteiger partial charge in [-0.2, -0.15) is 0 Å². The molecule has 32 heavy (non-hydrogen) atoms. The maximum atomic E-state index is 12.9. The van der Waals surface area contributed by atoms with E-state index in [9.17, 15) is 4.79 Å². The highest BCUT2D eigenvalue weighted by atomic mass is 16.5. The third-order valence-corrected chi connectivity index (χ3v) is 8.36. The Morgan fingerprint density at radius 1 is 1.19 bits per heavy atom. The lowest BCUT2D eigenvalue weighted by Crippen LogP contribution is -2.54. The van der Waals surface area contributed by atoms with Crippen LogP contribution in [0.3, 0.4) is 0 Å². The summed E-state index contributed by atoms with van der Waals surface area (Å²) >= 11 is 0. The normalized spacial score (nSPS) is 29.0. The Labute approximate surface area is 191 Å². The Morgan fingerprint density at radius 2 is 1.94 bits per heavy atom. The first-order valence-corrected chi connectivity index (χ1v) is 12.2. The molecule has 1 aromatic rings. The SMILES string of the molecule is COc1ccc2c(c1)[C@H]1OCC3(CCN(C(=O)CC4CCOCC4)CC3)C[C@@H]1C(C)(C)O2. The number of carbonyl (C=O) groups excluding carboxylic acids is 1. The largest absolute Gasteiger partial charge is 0.497 e. The van der Waals surface area contributed by atoms with E-state index in [0.29, 0.717) is 18.2 Å². The monoisotopic (exact) mass is 443 g/mol. The van der Waals surface area contributed by atoms with Gasteiger partial charge in [0, 0.05) is 44.2 Å². The van der Waals surface area contributed by atoms with Crippen LogP contribution in [0, 0.1) is 17.3 Å². The van der Waals surface area contributed by atoms with Crippen molar-refractivity contribution < 1.29 is 23.7 Å². The second-order valence-electron chi connectivity index (χ2n) is 10.8. The Morgan fingerprint density at radius 3 is 2.66 bits per heavy atom. The van der Waals surface area contributed by atoms with Crippen LogP contribution in [0.5, 0.6) is 11.5 Å². The van der Waals surface area contributed by atoms with Crippen molar-refractivity contribution in [2.24, 2.45) is 17.3 Å². The molecule has 6 nitrogen and oxygen atoms in total. The van der Waals surface area contributed by atoms with Gasteiger partial charge < -0.3 is 23.8 Å². The molecule has 0 radical (unpaired) electrons. The fraction of sp³-hybridized carbons (Fsp3) is 0.731. The molecule has 4 aliphatic heterocycles. The zero-order valence-electron chi connectivity index (χ0n) is 19.7. The summed E-state index contributed by atoms with van der Waals surface area (Å²) in [6, 6.07) is 6.02. The number of piperidine rings is 1. The van der Waals surface area contributed by atoms with Crippen LogP contribution < -0.4 is 9.47 Å². The summed E-state index contributed by atoms with van der Waals surface area (Å²) in [5, 5.41) is 0. The minimum Gasteiger partial charge on any atom is -0.497 e. The molecule has 0 bridgehead atoms. The summed E-state index contributed by atoms with van der Waals surface area (Å²) in [5.74, 6) is 2.83. The minimum atomic E-state index is -0.296. The average Bonchev–Trinajstić information content (AvgIpc) is 2.80. The van der Waals surface area contributed by atoms with E-state index in [1.54, 1.807) is 7.11 Å². The molecule has 0 aromatic heterocycles. The first kappa shape index (κ1) is 22.0. The number of hydrogen-bond donors (Lipinski definition) is 0. The fourth-order valence-electron chi connectivity index (χ4n) is 6.17. The predicted octanol–water partition coefficient (Wildman–Crippen LogP) is 4.37. The van der Waals surface area contributed by atoms with Gasteiger partial charge in [-0.15, -0.1) is 0 Å². The van der Waals surface area contributed by atoms with Crippen LogP contribution >= 0.6 is 0 Å². The quantitative estimate of drug-likeness (QED) is 0.694. The molecule has 3 saturated heterocycles. The Bertz CT molecular complexity index is 839. The molecule has 0 N–H and O–H groups in total. The zero-order chi connectivity index (χ0) is 22.3. The molecule has 0 unspecified atom stereocenters. The van der Waals surface area contributed by atoms with Crippen LogP contribution in [0.2, 0.25) is 0 Å². The topological polar surface area (TPSA) is 57.2 Å². The summed E-state index contributed by atoms with van der Waals surface area (Å²) in [4.78, 5) is 15.0. The average molecular weight is 444 g/mol. The Balaban J connectivity index is 1.25. The zero-order valence-corrected chi connectivity index (χ0v) is 19.7. The van der Waals surface area contributed by atoms with Crippen molar-refractivity contribution in [1.82, 2.24) is 4.90 Å². The number of carbonyl (C=O) groups is 1. The van der Waals surface area contributed by atoms with E-state index in [-0.39, 0.29) is 23.0 Å². The number of methoxy groups -OCH3 is 1. The van der Waals surface area contributed by atoms with E-state index in [1.165, 1.54) is 0 Å². The second kappa shape index (κ2) is 8.53. The van der Waals surface area contributed by atoms with Crippen molar-refractivity contribution in [3.05, 3.63) is 23.8 Å². The molecule has 176 valence electrons. The van der Waals surface area contributed by atoms with Crippen LogP contribution in [0.15, 0.2) is 18.2 Å². The van der Waals surface area contributed by atoms with E-state index < -0.39 is 0 Å². The molecule has 3 fully saturated rings. The van der Waals surface area contributed by atoms with Crippen molar-refractivity contribution in [3.8, 4) is 11.5 Å². The number of hydrogen-bond acceptors (Lipinski definition) is 5. The summed E-state index contributed by atoms with van der Waals surface area (Å²) in [6.07, 6.45) is 5.83. The number of amides is 1. The van der Waals surface area contributed by atoms with Crippen LogP contribution in [-0.4, -0.2) is 56.4 Å². The van der Waals surface area contributed by atoms with Crippen molar-refractivity contribution >= 4 is 5.91 Å². The van der Waals surface area contributed by atoms with Crippen molar-refractivity contribution in [1.29, 1.82) is 0 Å². The van der Waals surface area contributed by atoms with Gasteiger partial charge in [0.15, 0.2) is 0 Å². The molecule has 0 saturated carbocycles. The van der Waals surface area contributed by atoms with Gasteiger partial charge in [-0.25, -0.2) is 0 Å². The van der Waals surface area contributed by atoms with E-state index in [1.807, 2.05) is 12.1 Å². The highest BCUT2D eigenvalue weighted by Gasteiger charge is 2.53. The van der Waals surface area contributed by atoms with E-state index >= 15 is 0 Å². The van der Waals surface area contributed by atoms with Gasteiger partial charge >= 0.3 is 0 Å². The first-order valence-electron chi connectivity index (χ1n) is 12.2. The molecule has 6 heteroatoms. The smallest absolute Gasteiger partial charge is 0.222 e. The van der Waals surface area contributed by atoms with Crippen LogP contribution in [-0.2, 0) is 14.3 Å². The number of ether oxygens (including phenoxy) is 4. The molecule has 4 heterocycles. The minimum absolute atomic E-state index is 0.0302. The molecular formula is C26H37NO5. The molecule has 0 aliphatic carbocycles. The molecular weight excluding hydrogens is 406 g/mol. The summed E-state index contributed by atoms with van der Waals surface area (Å²) in [7, 11) is 1.70. The third kappa shape index (κ3) is 4.12. The lowest BCUT2D eigenvalue weighted by molar-refractivity contribution is -0.176. The summed E-state index contributed by atoms with van der Waals surface area (Å²) < 4.78 is 24.0. The van der Waals surface area contributed by atoms with Gasteiger partial charge in [0.1, 0.15) is 17.1 Å². The molecule has 1 aromatic carbocycles. The highest BCUT2D eigenvalue weighted by Crippen LogP contribution is 2.56. The lowest BCUT2D eigenvalue weighted by atomic mass is 9.64. The number of fused-ring (bicyclic) bond motifs is 3. The van der Waals surface area contributed by atoms with Gasteiger partial charge in [-0.3, -0.25) is 4.79 Å². The van der Waals surface area contributed by atoms with E-state index in [2.05, 4.69) is 24.8 Å². The summed E-state index contributed by atoms with van der Waals surface area (Å²) in [6.45, 7) is 8.41. The molecule has 5 rings (SSSR count). The number of benzene rings is 1. The first-order chi connectivity index (χ1) is 15.4. The van der Waals surface area contributed by atoms with Crippen LogP contribution in [0.1, 0.15) is 64.0 Å². The van der Waals surface area contributed by atoms with Crippen molar-refractivity contribution in [2.45, 2.75) is 64.1 Å². The van der Waals surface area contributed by atoms with Crippen LogP contribution in [0.25, 0.3) is 0 Å². The predicted molar refractivity (Wildman–Crippen MR) is 121 cm³/mol. The fourth-order valence-corrected chi connectivity index (χ4v) is 6.17. The molecule has 1 spiro atoms. The maximum absolute atomic E-state index is 12.9. The van der Waals surface area contributed by atoms with E-state index in [4.69, 9.17) is 18.9 Å².